The van der Waals surface area contributed by atoms with E-state index in [-0.39, 0.29) is 19.7 Å². The van der Waals surface area contributed by atoms with Crippen molar-refractivity contribution < 1.29 is 29.0 Å². The number of amides is 4. The van der Waals surface area contributed by atoms with Crippen molar-refractivity contribution in [2.24, 2.45) is 5.92 Å². The molecule has 2 atom stereocenters. The number of methoxy groups -OCH3 is 1. The monoisotopic (exact) mass is 553 g/mol. The second kappa shape index (κ2) is 12.5. The average molecular weight is 554 g/mol. The van der Waals surface area contributed by atoms with Crippen LogP contribution >= 0.6 is 11.6 Å². The number of imide groups is 1. The lowest BCUT2D eigenvalue weighted by molar-refractivity contribution is -0.145. The number of nitrogens with zero attached hydrogens (tertiary/aromatic N) is 3. The maximum Gasteiger partial charge on any atom is 0.331 e. The summed E-state index contributed by atoms with van der Waals surface area (Å²) in [6, 6.07) is 16.1. The molecule has 11 nitrogen and oxygen atoms in total. The predicted molar refractivity (Wildman–Crippen MR) is 143 cm³/mol. The van der Waals surface area contributed by atoms with Gasteiger partial charge in [-0.05, 0) is 54.1 Å². The minimum Gasteiger partial charge on any atom is -0.469 e. The number of pyridine rings is 1. The molecule has 4 amide bonds. The summed E-state index contributed by atoms with van der Waals surface area (Å²) in [7, 11) is 1.25. The molecule has 204 valence electrons. The van der Waals surface area contributed by atoms with E-state index in [4.69, 9.17) is 26.2 Å². The highest BCUT2D eigenvalue weighted by Crippen LogP contribution is 2.25. The number of carbonyl (C=O) groups excluding carboxylic acids is 3. The Hall–Kier alpha value is -4.35. The topological polar surface area (TPSA) is 133 Å². The molecule has 12 heteroatoms. The van der Waals surface area contributed by atoms with Crippen LogP contribution in [-0.4, -0.2) is 57.9 Å². The van der Waals surface area contributed by atoms with Gasteiger partial charge in [0.2, 0.25) is 0 Å². The van der Waals surface area contributed by atoms with E-state index in [1.807, 2.05) is 0 Å². The number of benzene rings is 2. The fourth-order valence-corrected chi connectivity index (χ4v) is 4.00. The lowest BCUT2D eigenvalue weighted by atomic mass is 10.1. The zero-order chi connectivity index (χ0) is 27.9. The van der Waals surface area contributed by atoms with Crippen LogP contribution in [0.5, 0.6) is 11.5 Å². The van der Waals surface area contributed by atoms with E-state index in [1.54, 1.807) is 67.6 Å². The first-order chi connectivity index (χ1) is 18.8. The Kier molecular flexibility index (Phi) is 8.84. The molecule has 0 aliphatic carbocycles. The molecule has 4 rings (SSSR count). The highest BCUT2D eigenvalue weighted by Gasteiger charge is 2.39. The van der Waals surface area contributed by atoms with E-state index >= 15 is 0 Å². The summed E-state index contributed by atoms with van der Waals surface area (Å²) in [5, 5.41) is 15.7. The number of hydrogen-bond donors (Lipinski definition) is 3. The molecule has 3 N–H and O–H groups in total. The van der Waals surface area contributed by atoms with Gasteiger partial charge in [0.25, 0.3) is 0 Å². The van der Waals surface area contributed by atoms with Gasteiger partial charge in [0.05, 0.1) is 38.1 Å². The van der Waals surface area contributed by atoms with Crippen LogP contribution < -0.4 is 15.4 Å². The molecule has 0 saturated carbocycles. The SMILES string of the molecule is COC(=O)[C@@H](C)CN1C(=O)NC(Nc2ccc(Oc3ccc(CO)nc3)cc2)N(Cc2ccc(Cl)cc2)C1=O. The number of urea groups is 2. The molecule has 1 unspecified atom stereocenters. The van der Waals surface area contributed by atoms with Crippen LogP contribution in [0.3, 0.4) is 0 Å². The maximum atomic E-state index is 13.5. The van der Waals surface area contributed by atoms with E-state index in [0.717, 1.165) is 10.5 Å². The van der Waals surface area contributed by atoms with Gasteiger partial charge in [0.15, 0.2) is 6.29 Å². The summed E-state index contributed by atoms with van der Waals surface area (Å²) in [6.07, 6.45) is 0.634. The van der Waals surface area contributed by atoms with E-state index < -0.39 is 30.2 Å². The number of carbonyl (C=O) groups is 3. The summed E-state index contributed by atoms with van der Waals surface area (Å²) >= 11 is 6.01. The molecule has 2 aromatic carbocycles. The number of anilines is 1. The molecule has 1 aliphatic rings. The Bertz CT molecular complexity index is 1300. The Balaban J connectivity index is 1.50. The first-order valence-electron chi connectivity index (χ1n) is 12.1. The highest BCUT2D eigenvalue weighted by atomic mass is 35.5. The third-order valence-corrected chi connectivity index (χ3v) is 6.22. The number of aliphatic hydroxyl groups excluding tert-OH is 1. The van der Waals surface area contributed by atoms with Crippen LogP contribution in [0.4, 0.5) is 15.3 Å². The van der Waals surface area contributed by atoms with E-state index in [1.165, 1.54) is 18.2 Å². The fourth-order valence-electron chi connectivity index (χ4n) is 3.87. The molecule has 0 bridgehead atoms. The summed E-state index contributed by atoms with van der Waals surface area (Å²) in [6.45, 7) is 1.45. The van der Waals surface area contributed by atoms with Crippen LogP contribution in [0.1, 0.15) is 18.2 Å². The standard InChI is InChI=1S/C27H28ClN5O6/c1-17(24(35)38-2)14-33-26(36)31-25(32(27(33)37)15-18-3-5-19(28)6-4-18)30-20-7-10-22(11-8-20)39-23-12-9-21(16-34)29-13-23/h3-13,17,25,30,34H,14-16H2,1-2H3,(H,31,36)/t17-,25?/m0/s1. The largest absolute Gasteiger partial charge is 0.469 e. The van der Waals surface area contributed by atoms with Gasteiger partial charge < -0.3 is 19.9 Å². The molecule has 2 heterocycles. The fraction of sp³-hybridized carbons (Fsp3) is 0.259. The summed E-state index contributed by atoms with van der Waals surface area (Å²) in [5.41, 5.74) is 1.94. The van der Waals surface area contributed by atoms with Gasteiger partial charge in [-0.3, -0.25) is 20.0 Å². The van der Waals surface area contributed by atoms with Crippen LogP contribution in [0.2, 0.25) is 5.02 Å². The summed E-state index contributed by atoms with van der Waals surface area (Å²) in [5.74, 6) is -0.172. The second-order valence-corrected chi connectivity index (χ2v) is 9.27. The Morgan fingerprint density at radius 3 is 2.41 bits per heavy atom. The van der Waals surface area contributed by atoms with Crippen molar-refractivity contribution in [2.45, 2.75) is 26.4 Å². The molecule has 1 saturated heterocycles. The lowest BCUT2D eigenvalue weighted by Crippen LogP contribution is -2.67. The normalized spacial score (nSPS) is 15.9. The van der Waals surface area contributed by atoms with Gasteiger partial charge in [0, 0.05) is 17.3 Å². The number of aromatic nitrogens is 1. The van der Waals surface area contributed by atoms with Crippen molar-refractivity contribution in [1.82, 2.24) is 20.1 Å². The minimum absolute atomic E-state index is 0.138. The van der Waals surface area contributed by atoms with Gasteiger partial charge in [0.1, 0.15) is 11.5 Å². The third kappa shape index (κ3) is 6.95. The van der Waals surface area contributed by atoms with Crippen molar-refractivity contribution in [1.29, 1.82) is 0 Å². The predicted octanol–water partition coefficient (Wildman–Crippen LogP) is 4.17. The second-order valence-electron chi connectivity index (χ2n) is 8.84. The molecule has 1 aromatic heterocycles. The molecular formula is C27H28ClN5O6. The number of aliphatic hydroxyl groups is 1. The number of rotatable bonds is 10. The lowest BCUT2D eigenvalue weighted by Gasteiger charge is -2.41. The van der Waals surface area contributed by atoms with E-state index in [2.05, 4.69) is 15.6 Å². The van der Waals surface area contributed by atoms with Crippen LogP contribution in [0, 0.1) is 5.92 Å². The molecule has 1 aliphatic heterocycles. The number of esters is 1. The number of nitrogens with one attached hydrogen (secondary N) is 2. The third-order valence-electron chi connectivity index (χ3n) is 5.97. The first kappa shape index (κ1) is 27.7. The molecule has 3 aromatic rings. The zero-order valence-electron chi connectivity index (χ0n) is 21.3. The first-order valence-corrected chi connectivity index (χ1v) is 12.5. The van der Waals surface area contributed by atoms with Gasteiger partial charge in [-0.1, -0.05) is 30.7 Å². The Morgan fingerprint density at radius 1 is 1.10 bits per heavy atom. The molecule has 1 fully saturated rings. The van der Waals surface area contributed by atoms with Gasteiger partial charge in [-0.15, -0.1) is 0 Å². The summed E-state index contributed by atoms with van der Waals surface area (Å²) < 4.78 is 10.5. The van der Waals surface area contributed by atoms with Crippen molar-refractivity contribution in [3.05, 3.63) is 83.1 Å². The van der Waals surface area contributed by atoms with E-state index in [9.17, 15) is 14.4 Å². The molecule has 39 heavy (non-hydrogen) atoms. The average Bonchev–Trinajstić information content (AvgIpc) is 2.95. The Labute approximate surface area is 230 Å². The van der Waals surface area contributed by atoms with Gasteiger partial charge in [-0.2, -0.15) is 0 Å². The minimum atomic E-state index is -0.882. The van der Waals surface area contributed by atoms with Gasteiger partial charge in [-0.25, -0.2) is 14.5 Å². The molecule has 0 spiro atoms. The van der Waals surface area contributed by atoms with Crippen LogP contribution in [-0.2, 0) is 22.7 Å². The number of ether oxygens (including phenoxy) is 2. The van der Waals surface area contributed by atoms with Crippen molar-refractivity contribution in [2.75, 3.05) is 19.0 Å². The quantitative estimate of drug-likeness (QED) is 0.319. The highest BCUT2D eigenvalue weighted by molar-refractivity contribution is 6.30. The van der Waals surface area contributed by atoms with Crippen LogP contribution in [0.25, 0.3) is 0 Å². The van der Waals surface area contributed by atoms with Crippen molar-refractivity contribution in [3.8, 4) is 11.5 Å². The van der Waals surface area contributed by atoms with E-state index in [0.29, 0.717) is 27.9 Å². The smallest absolute Gasteiger partial charge is 0.331 e. The zero-order valence-corrected chi connectivity index (χ0v) is 22.1. The van der Waals surface area contributed by atoms with Crippen molar-refractivity contribution >= 4 is 35.3 Å². The Morgan fingerprint density at radius 2 is 1.79 bits per heavy atom. The van der Waals surface area contributed by atoms with Crippen LogP contribution in [0.15, 0.2) is 66.9 Å². The molecular weight excluding hydrogens is 526 g/mol. The number of hydrogen-bond acceptors (Lipinski definition) is 8. The summed E-state index contributed by atoms with van der Waals surface area (Å²) in [4.78, 5) is 44.9. The van der Waals surface area contributed by atoms with Gasteiger partial charge >= 0.3 is 18.0 Å². The number of halogens is 1. The maximum absolute atomic E-state index is 13.5. The molecule has 0 radical (unpaired) electrons. The van der Waals surface area contributed by atoms with Crippen molar-refractivity contribution in [3.63, 3.8) is 0 Å².